The third kappa shape index (κ3) is 6.85. The van der Waals surface area contributed by atoms with Gasteiger partial charge in [-0.2, -0.15) is 13.2 Å². The number of para-hydroxylation sites is 1. The molecule has 0 aliphatic carbocycles. The van der Waals surface area contributed by atoms with E-state index >= 15 is 0 Å². The summed E-state index contributed by atoms with van der Waals surface area (Å²) in [6.45, 7) is -0.183. The quantitative estimate of drug-likeness (QED) is 0.299. The fourth-order valence-electron chi connectivity index (χ4n) is 4.05. The number of halogens is 4. The van der Waals surface area contributed by atoms with E-state index in [2.05, 4.69) is 0 Å². The number of carboxylic acid groups (broad SMARTS) is 1. The van der Waals surface area contributed by atoms with Gasteiger partial charge in [-0.3, -0.25) is 4.79 Å². The minimum Gasteiger partial charge on any atom is -0.497 e. The number of carboxylic acids is 1. The molecule has 8 nitrogen and oxygen atoms in total. The van der Waals surface area contributed by atoms with Crippen molar-refractivity contribution in [1.29, 1.82) is 0 Å². The van der Waals surface area contributed by atoms with E-state index in [0.717, 1.165) is 30.2 Å². The topological polar surface area (TPSA) is 106 Å². The molecule has 212 valence electrons. The summed E-state index contributed by atoms with van der Waals surface area (Å²) in [5.41, 5.74) is -0.830. The second-order valence-corrected chi connectivity index (χ2v) is 8.74. The van der Waals surface area contributed by atoms with Crippen LogP contribution in [0.5, 0.6) is 17.2 Å². The molecule has 0 bridgehead atoms. The zero-order valence-corrected chi connectivity index (χ0v) is 22.3. The highest BCUT2D eigenvalue weighted by Gasteiger charge is 2.36. The fraction of sp³-hybridized carbons (Fsp3) is 0.214. The van der Waals surface area contributed by atoms with E-state index in [9.17, 15) is 27.9 Å². The summed E-state index contributed by atoms with van der Waals surface area (Å²) in [4.78, 5) is 25.6. The van der Waals surface area contributed by atoms with Crippen molar-refractivity contribution < 1.29 is 47.2 Å². The Labute approximate surface area is 232 Å². The molecule has 0 aliphatic rings. The Bertz CT molecular complexity index is 1430. The fourth-order valence-corrected chi connectivity index (χ4v) is 4.23. The molecule has 0 spiro atoms. The lowest BCUT2D eigenvalue weighted by molar-refractivity contribution is -0.139. The van der Waals surface area contributed by atoms with Crippen molar-refractivity contribution in [2.24, 2.45) is 0 Å². The molecule has 3 rings (SSSR count). The third-order valence-electron chi connectivity index (χ3n) is 5.88. The number of ether oxygens (including phenoxy) is 3. The van der Waals surface area contributed by atoms with Gasteiger partial charge in [-0.15, -0.1) is 0 Å². The third-order valence-corrected chi connectivity index (χ3v) is 6.12. The van der Waals surface area contributed by atoms with Gasteiger partial charge in [0.1, 0.15) is 23.4 Å². The number of hydrogen-bond acceptors (Lipinski definition) is 6. The van der Waals surface area contributed by atoms with Gasteiger partial charge in [-0.05, 0) is 36.4 Å². The molecule has 2 N–H and O–H groups in total. The molecule has 3 aromatic carbocycles. The largest absolute Gasteiger partial charge is 0.497 e. The zero-order valence-electron chi connectivity index (χ0n) is 21.5. The number of hydrogen-bond donors (Lipinski definition) is 2. The molecular formula is C28H25ClF3NO7. The van der Waals surface area contributed by atoms with Gasteiger partial charge in [0.25, 0.3) is 5.91 Å². The molecule has 0 saturated heterocycles. The van der Waals surface area contributed by atoms with Gasteiger partial charge >= 0.3 is 12.1 Å². The molecule has 1 atom stereocenters. The maximum atomic E-state index is 13.7. The smallest absolute Gasteiger partial charge is 0.419 e. The average Bonchev–Trinajstić information content (AvgIpc) is 2.93. The summed E-state index contributed by atoms with van der Waals surface area (Å²) in [5.74, 6) is -1.96. The molecule has 0 radical (unpaired) electrons. The highest BCUT2D eigenvalue weighted by Crippen LogP contribution is 2.43. The lowest BCUT2D eigenvalue weighted by atomic mass is 9.96. The highest BCUT2D eigenvalue weighted by molar-refractivity contribution is 6.30. The first kappa shape index (κ1) is 30.3. The lowest BCUT2D eigenvalue weighted by Crippen LogP contribution is -2.30. The van der Waals surface area contributed by atoms with Crippen LogP contribution < -0.4 is 19.1 Å². The van der Waals surface area contributed by atoms with E-state index < -0.39 is 35.5 Å². The highest BCUT2D eigenvalue weighted by atomic mass is 35.5. The van der Waals surface area contributed by atoms with Crippen LogP contribution in [-0.2, 0) is 22.3 Å². The number of benzene rings is 3. The van der Waals surface area contributed by atoms with Crippen molar-refractivity contribution in [2.45, 2.75) is 18.8 Å². The van der Waals surface area contributed by atoms with Gasteiger partial charge in [0.15, 0.2) is 0 Å². The molecule has 12 heteroatoms. The Morgan fingerprint density at radius 1 is 0.975 bits per heavy atom. The number of aliphatic hydroxyl groups excluding tert-OH is 1. The van der Waals surface area contributed by atoms with Crippen LogP contribution in [0.25, 0.3) is 0 Å². The Morgan fingerprint density at radius 2 is 1.70 bits per heavy atom. The average molecular weight is 580 g/mol. The van der Waals surface area contributed by atoms with E-state index in [1.165, 1.54) is 38.5 Å². The first-order chi connectivity index (χ1) is 18.9. The summed E-state index contributed by atoms with van der Waals surface area (Å²) >= 11 is 6.20. The Balaban J connectivity index is 2.22. The normalized spacial score (nSPS) is 12.2. The number of carbonyl (C=O) groups excluding carboxylic acids is 1. The van der Waals surface area contributed by atoms with Gasteiger partial charge < -0.3 is 29.3 Å². The molecule has 0 aliphatic heterocycles. The number of aliphatic hydroxyl groups is 1. The summed E-state index contributed by atoms with van der Waals surface area (Å²) < 4.78 is 56.7. The van der Waals surface area contributed by atoms with Crippen LogP contribution in [0.2, 0.25) is 5.02 Å². The lowest BCUT2D eigenvalue weighted by Gasteiger charge is -2.28. The van der Waals surface area contributed by atoms with Crippen LogP contribution in [0, 0.1) is 0 Å². The van der Waals surface area contributed by atoms with Gasteiger partial charge in [0.05, 0.1) is 39.1 Å². The minimum atomic E-state index is -4.77. The number of amides is 1. The van der Waals surface area contributed by atoms with Gasteiger partial charge in [-0.25, -0.2) is 4.79 Å². The van der Waals surface area contributed by atoms with Crippen LogP contribution in [-0.4, -0.2) is 43.4 Å². The molecule has 0 fully saturated rings. The van der Waals surface area contributed by atoms with Crippen LogP contribution in [0.1, 0.15) is 28.4 Å². The van der Waals surface area contributed by atoms with Crippen molar-refractivity contribution in [2.75, 3.05) is 26.2 Å². The second kappa shape index (κ2) is 12.8. The van der Waals surface area contributed by atoms with E-state index in [1.807, 2.05) is 0 Å². The van der Waals surface area contributed by atoms with E-state index in [0.29, 0.717) is 23.1 Å². The van der Waals surface area contributed by atoms with Crippen molar-refractivity contribution in [1.82, 2.24) is 0 Å². The van der Waals surface area contributed by atoms with E-state index in [-0.39, 0.29) is 28.4 Å². The monoisotopic (exact) mass is 579 g/mol. The van der Waals surface area contributed by atoms with Crippen LogP contribution in [0.3, 0.4) is 0 Å². The summed E-state index contributed by atoms with van der Waals surface area (Å²) in [6, 6.07) is 12.1. The molecule has 0 aromatic heterocycles. The number of anilines is 1. The first-order valence-corrected chi connectivity index (χ1v) is 11.9. The van der Waals surface area contributed by atoms with Crippen molar-refractivity contribution in [3.63, 3.8) is 0 Å². The second-order valence-electron chi connectivity index (χ2n) is 8.31. The van der Waals surface area contributed by atoms with Gasteiger partial charge in [0, 0.05) is 39.9 Å². The number of aliphatic carboxylic acids is 1. The van der Waals surface area contributed by atoms with Crippen LogP contribution >= 0.6 is 11.6 Å². The molecule has 3 aromatic rings. The number of methoxy groups -OCH3 is 3. The standard InChI is InChI=1S/C28H25ClF3NO7/c1-38-18-9-7-16(23(14-18)39-2)15-33(24(34)11-12-25(35)36)22-10-8-17(29)13-20(22)26(37)19-5-4-6-21(27(19)40-3)28(30,31)32/h4-14,26,37H,15H2,1-3H3,(H,35,36)/b12-11+. The predicted molar refractivity (Wildman–Crippen MR) is 141 cm³/mol. The molecule has 1 unspecified atom stereocenters. The van der Waals surface area contributed by atoms with Crippen molar-refractivity contribution in [3.8, 4) is 17.2 Å². The van der Waals surface area contributed by atoms with Crippen molar-refractivity contribution >= 4 is 29.2 Å². The summed E-state index contributed by atoms with van der Waals surface area (Å²) in [5, 5.41) is 20.6. The summed E-state index contributed by atoms with van der Waals surface area (Å²) in [6.07, 6.45) is -5.05. The minimum absolute atomic E-state index is 0.0327. The molecule has 0 heterocycles. The maximum absolute atomic E-state index is 13.7. The number of alkyl halides is 3. The Morgan fingerprint density at radius 3 is 2.30 bits per heavy atom. The van der Waals surface area contributed by atoms with Crippen LogP contribution in [0.4, 0.5) is 18.9 Å². The van der Waals surface area contributed by atoms with E-state index in [4.69, 9.17) is 30.9 Å². The molecule has 1 amide bonds. The van der Waals surface area contributed by atoms with Gasteiger partial charge in [-0.1, -0.05) is 23.7 Å². The van der Waals surface area contributed by atoms with E-state index in [1.54, 1.807) is 18.2 Å². The first-order valence-electron chi connectivity index (χ1n) is 11.6. The number of rotatable bonds is 10. The molecule has 0 saturated carbocycles. The number of nitrogens with zero attached hydrogens (tertiary/aromatic N) is 1. The molecular weight excluding hydrogens is 555 g/mol. The SMILES string of the molecule is COc1ccc(CN(C(=O)/C=C/C(=O)O)c2ccc(Cl)cc2C(O)c2cccc(C(F)(F)F)c2OC)c(OC)c1. The van der Waals surface area contributed by atoms with Gasteiger partial charge in [0.2, 0.25) is 0 Å². The number of carbonyl (C=O) groups is 2. The van der Waals surface area contributed by atoms with Crippen molar-refractivity contribution in [3.05, 3.63) is 94.0 Å². The maximum Gasteiger partial charge on any atom is 0.419 e. The summed E-state index contributed by atoms with van der Waals surface area (Å²) in [7, 11) is 3.92. The molecule has 40 heavy (non-hydrogen) atoms. The zero-order chi connectivity index (χ0) is 29.6. The Kier molecular flexibility index (Phi) is 9.67. The predicted octanol–water partition coefficient (Wildman–Crippen LogP) is 5.64. The Hall–Kier alpha value is -4.22. The van der Waals surface area contributed by atoms with Crippen LogP contribution in [0.15, 0.2) is 66.7 Å².